The van der Waals surface area contributed by atoms with Crippen LogP contribution in [0.15, 0.2) is 18.2 Å². The van der Waals surface area contributed by atoms with Gasteiger partial charge in [0.05, 0.1) is 23.9 Å². The minimum absolute atomic E-state index is 0.459. The predicted octanol–water partition coefficient (Wildman–Crippen LogP) is 1.22. The molecule has 0 radical (unpaired) electrons. The van der Waals surface area contributed by atoms with E-state index >= 15 is 0 Å². The van der Waals surface area contributed by atoms with Crippen LogP contribution in [0.2, 0.25) is 5.02 Å². The van der Waals surface area contributed by atoms with Crippen LogP contribution in [0, 0.1) is 0 Å². The van der Waals surface area contributed by atoms with E-state index in [-0.39, 0.29) is 0 Å². The van der Waals surface area contributed by atoms with Gasteiger partial charge in [0.2, 0.25) is 0 Å². The summed E-state index contributed by atoms with van der Waals surface area (Å²) in [7, 11) is 1.62. The molecule has 0 bridgehead atoms. The van der Waals surface area contributed by atoms with E-state index in [1.807, 2.05) is 12.1 Å². The number of halogens is 1. The number of hydrogen-bond donors (Lipinski definition) is 1. The lowest BCUT2D eigenvalue weighted by Gasteiger charge is -2.06. The highest BCUT2D eigenvalue weighted by Gasteiger charge is 2.13. The number of benzene rings is 1. The maximum absolute atomic E-state index is 6.13. The highest BCUT2D eigenvalue weighted by atomic mass is 35.5. The Labute approximate surface area is 103 Å². The number of aromatic nitrogens is 4. The smallest absolute Gasteiger partial charge is 0.183 e. The number of nitrogen functional groups attached to an aromatic ring is 1. The van der Waals surface area contributed by atoms with Gasteiger partial charge in [-0.3, -0.25) is 0 Å². The number of ether oxygens (including phenoxy) is 1. The largest absolute Gasteiger partial charge is 0.398 e. The Balaban J connectivity index is 2.39. The van der Waals surface area contributed by atoms with E-state index in [1.165, 1.54) is 0 Å². The van der Waals surface area contributed by atoms with Crippen LogP contribution in [0.3, 0.4) is 0 Å². The molecule has 0 amide bonds. The lowest BCUT2D eigenvalue weighted by Crippen LogP contribution is -2.08. The number of hydrogen-bond acceptors (Lipinski definition) is 5. The van der Waals surface area contributed by atoms with Crippen LogP contribution >= 0.6 is 11.6 Å². The molecule has 0 aliphatic carbocycles. The molecule has 17 heavy (non-hydrogen) atoms. The molecule has 0 aliphatic heterocycles. The van der Waals surface area contributed by atoms with Crippen LogP contribution < -0.4 is 5.73 Å². The molecule has 0 saturated heterocycles. The first-order valence-electron chi connectivity index (χ1n) is 5.03. The van der Waals surface area contributed by atoms with E-state index in [0.29, 0.717) is 35.2 Å². The first kappa shape index (κ1) is 11.8. The lowest BCUT2D eigenvalue weighted by molar-refractivity contribution is 0.183. The first-order valence-corrected chi connectivity index (χ1v) is 5.41. The summed E-state index contributed by atoms with van der Waals surface area (Å²) in [5.41, 5.74) is 6.96. The van der Waals surface area contributed by atoms with Gasteiger partial charge in [-0.1, -0.05) is 17.7 Å². The number of methoxy groups -OCH3 is 1. The Morgan fingerprint density at radius 3 is 3.06 bits per heavy atom. The maximum atomic E-state index is 6.13. The zero-order chi connectivity index (χ0) is 12.3. The van der Waals surface area contributed by atoms with Crippen LogP contribution in [-0.2, 0) is 11.3 Å². The van der Waals surface area contributed by atoms with Crippen molar-refractivity contribution in [1.29, 1.82) is 0 Å². The van der Waals surface area contributed by atoms with E-state index < -0.39 is 0 Å². The molecule has 7 heteroatoms. The summed E-state index contributed by atoms with van der Waals surface area (Å²) in [4.78, 5) is 0. The van der Waals surface area contributed by atoms with Gasteiger partial charge in [0, 0.05) is 12.7 Å². The third-order valence-corrected chi connectivity index (χ3v) is 2.73. The fourth-order valence-corrected chi connectivity index (χ4v) is 1.66. The van der Waals surface area contributed by atoms with E-state index in [9.17, 15) is 0 Å². The molecule has 2 aromatic rings. The van der Waals surface area contributed by atoms with Crippen molar-refractivity contribution in [2.45, 2.75) is 6.54 Å². The second-order valence-electron chi connectivity index (χ2n) is 3.43. The van der Waals surface area contributed by atoms with Gasteiger partial charge in [-0.15, -0.1) is 5.10 Å². The average molecular weight is 254 g/mol. The molecule has 2 N–H and O–H groups in total. The van der Waals surface area contributed by atoms with Crippen LogP contribution in [-0.4, -0.2) is 33.9 Å². The van der Waals surface area contributed by atoms with Gasteiger partial charge < -0.3 is 10.5 Å². The van der Waals surface area contributed by atoms with E-state index in [4.69, 9.17) is 22.1 Å². The quantitative estimate of drug-likeness (QED) is 0.829. The Morgan fingerprint density at radius 2 is 2.29 bits per heavy atom. The molecule has 1 heterocycles. The Kier molecular flexibility index (Phi) is 3.55. The minimum Gasteiger partial charge on any atom is -0.398 e. The van der Waals surface area contributed by atoms with Crippen LogP contribution in [0.5, 0.6) is 0 Å². The molecular weight excluding hydrogens is 242 g/mol. The average Bonchev–Trinajstić information content (AvgIpc) is 2.78. The number of nitrogens with zero attached hydrogens (tertiary/aromatic N) is 4. The minimum atomic E-state index is 0.459. The second kappa shape index (κ2) is 5.11. The fourth-order valence-electron chi connectivity index (χ4n) is 1.45. The van der Waals surface area contributed by atoms with Gasteiger partial charge in [0.15, 0.2) is 5.82 Å². The molecule has 0 aliphatic rings. The molecule has 90 valence electrons. The zero-order valence-corrected chi connectivity index (χ0v) is 10.1. The highest BCUT2D eigenvalue weighted by Crippen LogP contribution is 2.30. The molecule has 0 unspecified atom stereocenters. The SMILES string of the molecule is COCCn1nnnc1-c1cccc(N)c1Cl. The predicted molar refractivity (Wildman–Crippen MR) is 64.6 cm³/mol. The highest BCUT2D eigenvalue weighted by molar-refractivity contribution is 6.35. The Hall–Kier alpha value is -1.66. The molecule has 0 spiro atoms. The van der Waals surface area contributed by atoms with Crippen molar-refractivity contribution in [2.24, 2.45) is 0 Å². The molecule has 1 aromatic carbocycles. The number of anilines is 1. The first-order chi connectivity index (χ1) is 8.24. The van der Waals surface area contributed by atoms with Crippen molar-refractivity contribution >= 4 is 17.3 Å². The molecule has 0 fully saturated rings. The maximum Gasteiger partial charge on any atom is 0.183 e. The van der Waals surface area contributed by atoms with Crippen molar-refractivity contribution < 1.29 is 4.74 Å². The third kappa shape index (κ3) is 2.37. The summed E-state index contributed by atoms with van der Waals surface area (Å²) in [5.74, 6) is 0.583. The molecule has 6 nitrogen and oxygen atoms in total. The second-order valence-corrected chi connectivity index (χ2v) is 3.81. The molecule has 1 aromatic heterocycles. The van der Waals surface area contributed by atoms with Gasteiger partial charge in [0.25, 0.3) is 0 Å². The Morgan fingerprint density at radius 1 is 1.47 bits per heavy atom. The molecule has 0 atom stereocenters. The van der Waals surface area contributed by atoms with Gasteiger partial charge in [-0.05, 0) is 22.6 Å². The van der Waals surface area contributed by atoms with E-state index in [0.717, 1.165) is 0 Å². The monoisotopic (exact) mass is 253 g/mol. The van der Waals surface area contributed by atoms with Crippen molar-refractivity contribution in [3.8, 4) is 11.4 Å². The van der Waals surface area contributed by atoms with Crippen LogP contribution in [0.25, 0.3) is 11.4 Å². The van der Waals surface area contributed by atoms with Crippen LogP contribution in [0.4, 0.5) is 5.69 Å². The van der Waals surface area contributed by atoms with Crippen molar-refractivity contribution in [3.63, 3.8) is 0 Å². The van der Waals surface area contributed by atoms with E-state index in [1.54, 1.807) is 17.9 Å². The lowest BCUT2D eigenvalue weighted by atomic mass is 10.2. The number of tetrazole rings is 1. The molecular formula is C10H12ClN5O. The summed E-state index contributed by atoms with van der Waals surface area (Å²) in [5, 5.41) is 11.9. The van der Waals surface area contributed by atoms with Gasteiger partial charge in [-0.2, -0.15) is 0 Å². The van der Waals surface area contributed by atoms with Crippen molar-refractivity contribution in [3.05, 3.63) is 23.2 Å². The van der Waals surface area contributed by atoms with Gasteiger partial charge in [0.1, 0.15) is 0 Å². The van der Waals surface area contributed by atoms with Gasteiger partial charge in [-0.25, -0.2) is 4.68 Å². The normalized spacial score (nSPS) is 10.7. The summed E-state index contributed by atoms with van der Waals surface area (Å²) >= 11 is 6.13. The topological polar surface area (TPSA) is 78.8 Å². The zero-order valence-electron chi connectivity index (χ0n) is 9.30. The van der Waals surface area contributed by atoms with Crippen LogP contribution in [0.1, 0.15) is 0 Å². The molecule has 2 rings (SSSR count). The van der Waals surface area contributed by atoms with Gasteiger partial charge >= 0.3 is 0 Å². The van der Waals surface area contributed by atoms with Crippen molar-refractivity contribution in [2.75, 3.05) is 19.5 Å². The Bertz CT molecular complexity index is 513. The summed E-state index contributed by atoms with van der Waals surface area (Å²) < 4.78 is 6.62. The summed E-state index contributed by atoms with van der Waals surface area (Å²) in [6.45, 7) is 1.09. The fraction of sp³-hybridized carbons (Fsp3) is 0.300. The number of nitrogens with two attached hydrogens (primary N) is 1. The molecule has 0 saturated carbocycles. The number of rotatable bonds is 4. The van der Waals surface area contributed by atoms with Crippen molar-refractivity contribution in [1.82, 2.24) is 20.2 Å². The third-order valence-electron chi connectivity index (χ3n) is 2.31. The van der Waals surface area contributed by atoms with E-state index in [2.05, 4.69) is 15.5 Å². The summed E-state index contributed by atoms with van der Waals surface area (Å²) in [6, 6.07) is 5.37. The standard InChI is InChI=1S/C10H12ClN5O/c1-17-6-5-16-10(13-14-15-16)7-3-2-4-8(12)9(7)11/h2-4H,5-6,12H2,1H3. The summed E-state index contributed by atoms with van der Waals surface area (Å²) in [6.07, 6.45) is 0.